The Morgan fingerprint density at radius 2 is 2.19 bits per heavy atom. The summed E-state index contributed by atoms with van der Waals surface area (Å²) in [7, 11) is 1.50. The van der Waals surface area contributed by atoms with Gasteiger partial charge in [0.15, 0.2) is 11.4 Å². The lowest BCUT2D eigenvalue weighted by atomic mass is 10.2. The Morgan fingerprint density at radius 3 is 2.81 bits per heavy atom. The Kier molecular flexibility index (Phi) is 4.91. The number of fused-ring (bicyclic) bond motifs is 1. The SMILES string of the molecule is COCCN1CN(Cc2cscn2)n2cc(C(=O)O)c(=O)c(O)c2C1=O. The fourth-order valence-corrected chi connectivity index (χ4v) is 3.20. The molecule has 2 aromatic rings. The predicted octanol–water partition coefficient (Wildman–Crippen LogP) is -0.0935. The third-order valence-electron chi connectivity index (χ3n) is 3.92. The molecule has 0 aliphatic carbocycles. The van der Waals surface area contributed by atoms with Crippen LogP contribution in [0, 0.1) is 0 Å². The molecule has 3 heterocycles. The van der Waals surface area contributed by atoms with E-state index in [1.165, 1.54) is 28.0 Å². The minimum absolute atomic E-state index is 0.119. The average molecular weight is 380 g/mol. The van der Waals surface area contributed by atoms with Gasteiger partial charge in [0.25, 0.3) is 5.91 Å². The number of hydrogen-bond acceptors (Lipinski definition) is 8. The summed E-state index contributed by atoms with van der Waals surface area (Å²) in [4.78, 5) is 41.7. The van der Waals surface area contributed by atoms with E-state index in [0.29, 0.717) is 5.69 Å². The van der Waals surface area contributed by atoms with Crippen molar-refractivity contribution in [3.63, 3.8) is 0 Å². The summed E-state index contributed by atoms with van der Waals surface area (Å²) >= 11 is 1.40. The van der Waals surface area contributed by atoms with E-state index in [4.69, 9.17) is 4.74 Å². The van der Waals surface area contributed by atoms with Gasteiger partial charge in [0, 0.05) is 25.2 Å². The molecule has 0 saturated heterocycles. The average Bonchev–Trinajstić information content (AvgIpc) is 3.11. The van der Waals surface area contributed by atoms with Crippen LogP contribution in [0.3, 0.4) is 0 Å². The van der Waals surface area contributed by atoms with Crippen LogP contribution in [0.15, 0.2) is 21.9 Å². The molecule has 2 aromatic heterocycles. The second kappa shape index (κ2) is 7.14. The van der Waals surface area contributed by atoms with Gasteiger partial charge in [0.2, 0.25) is 5.43 Å². The highest BCUT2D eigenvalue weighted by Gasteiger charge is 2.34. The number of amides is 1. The van der Waals surface area contributed by atoms with Gasteiger partial charge in [-0.1, -0.05) is 0 Å². The first-order valence-electron chi connectivity index (χ1n) is 7.56. The number of rotatable bonds is 6. The van der Waals surface area contributed by atoms with Crippen LogP contribution >= 0.6 is 11.3 Å². The fourth-order valence-electron chi connectivity index (χ4n) is 2.65. The highest BCUT2D eigenvalue weighted by molar-refractivity contribution is 7.07. The summed E-state index contributed by atoms with van der Waals surface area (Å²) in [5, 5.41) is 22.9. The van der Waals surface area contributed by atoms with Crippen molar-refractivity contribution < 1.29 is 24.5 Å². The van der Waals surface area contributed by atoms with Gasteiger partial charge in [-0.15, -0.1) is 11.3 Å². The molecule has 1 amide bonds. The lowest BCUT2D eigenvalue weighted by molar-refractivity contribution is 0.0613. The maximum Gasteiger partial charge on any atom is 0.341 e. The third kappa shape index (κ3) is 3.13. The molecule has 3 rings (SSSR count). The lowest BCUT2D eigenvalue weighted by Gasteiger charge is -2.39. The van der Waals surface area contributed by atoms with E-state index in [0.717, 1.165) is 6.20 Å². The lowest BCUT2D eigenvalue weighted by Crippen LogP contribution is -2.54. The number of aromatic hydroxyl groups is 1. The van der Waals surface area contributed by atoms with Crippen LogP contribution in [0.2, 0.25) is 0 Å². The number of carboxylic acids is 1. The minimum Gasteiger partial charge on any atom is -0.502 e. The molecular formula is C15H16N4O6S. The molecule has 0 unspecified atom stereocenters. The van der Waals surface area contributed by atoms with Crippen LogP contribution in [0.25, 0.3) is 0 Å². The Morgan fingerprint density at radius 1 is 1.42 bits per heavy atom. The molecule has 26 heavy (non-hydrogen) atoms. The molecule has 138 valence electrons. The van der Waals surface area contributed by atoms with Crippen LogP contribution in [-0.2, 0) is 11.3 Å². The summed E-state index contributed by atoms with van der Waals surface area (Å²) in [5.41, 5.74) is 0.362. The van der Waals surface area contributed by atoms with Crippen LogP contribution in [0.5, 0.6) is 5.75 Å². The zero-order valence-corrected chi connectivity index (χ0v) is 14.6. The molecule has 1 aliphatic rings. The molecule has 0 bridgehead atoms. The highest BCUT2D eigenvalue weighted by Crippen LogP contribution is 2.22. The molecule has 0 radical (unpaired) electrons. The largest absolute Gasteiger partial charge is 0.502 e. The van der Waals surface area contributed by atoms with Crippen molar-refractivity contribution in [2.24, 2.45) is 0 Å². The Bertz CT molecular complexity index is 894. The number of hydrogen-bond donors (Lipinski definition) is 2. The molecule has 2 N–H and O–H groups in total. The van der Waals surface area contributed by atoms with E-state index in [1.807, 2.05) is 5.38 Å². The van der Waals surface area contributed by atoms with Crippen LogP contribution in [-0.4, -0.2) is 63.6 Å². The zero-order chi connectivity index (χ0) is 18.8. The van der Waals surface area contributed by atoms with Crippen molar-refractivity contribution in [3.8, 4) is 5.75 Å². The first-order valence-corrected chi connectivity index (χ1v) is 8.50. The van der Waals surface area contributed by atoms with Crippen LogP contribution in [0.4, 0.5) is 0 Å². The van der Waals surface area contributed by atoms with Crippen molar-refractivity contribution in [1.29, 1.82) is 0 Å². The van der Waals surface area contributed by atoms with Gasteiger partial charge in [0.05, 0.1) is 24.4 Å². The fraction of sp³-hybridized carbons (Fsp3) is 0.333. The second-order valence-electron chi connectivity index (χ2n) is 5.57. The van der Waals surface area contributed by atoms with E-state index in [1.54, 1.807) is 10.5 Å². The Hall–Kier alpha value is -2.92. The van der Waals surface area contributed by atoms with E-state index in [9.17, 15) is 24.6 Å². The third-order valence-corrected chi connectivity index (χ3v) is 4.55. The monoisotopic (exact) mass is 380 g/mol. The van der Waals surface area contributed by atoms with Gasteiger partial charge in [-0.2, -0.15) is 0 Å². The van der Waals surface area contributed by atoms with E-state index < -0.39 is 28.6 Å². The minimum atomic E-state index is -1.48. The molecule has 11 heteroatoms. The number of thiazole rings is 1. The number of pyridine rings is 1. The number of carbonyl (C=O) groups excluding carboxylic acids is 1. The number of carboxylic acid groups (broad SMARTS) is 1. The molecule has 0 aromatic carbocycles. The van der Waals surface area contributed by atoms with E-state index >= 15 is 0 Å². The van der Waals surface area contributed by atoms with Gasteiger partial charge < -0.3 is 19.8 Å². The number of aromatic carboxylic acids is 1. The molecule has 0 spiro atoms. The van der Waals surface area contributed by atoms with Crippen LogP contribution in [0.1, 0.15) is 26.5 Å². The summed E-state index contributed by atoms with van der Waals surface area (Å²) in [6.45, 7) is 0.897. The van der Waals surface area contributed by atoms with E-state index in [2.05, 4.69) is 4.98 Å². The van der Waals surface area contributed by atoms with Crippen molar-refractivity contribution >= 4 is 23.2 Å². The van der Waals surface area contributed by atoms with Gasteiger partial charge >= 0.3 is 5.97 Å². The summed E-state index contributed by atoms with van der Waals surface area (Å²) in [6.07, 6.45) is 1.05. The number of methoxy groups -OCH3 is 1. The standard InChI is InChI=1S/C15H16N4O6S/c1-25-3-2-17-8-18(4-9-6-26-7-16-9)19-5-10(15(23)24)12(20)13(21)11(19)14(17)22/h5-7,21H,2-4,8H2,1H3,(H,23,24). The van der Waals surface area contributed by atoms with Crippen molar-refractivity contribution in [3.05, 3.63) is 44.3 Å². The number of carbonyl (C=O) groups is 2. The summed E-state index contributed by atoms with van der Waals surface area (Å²) in [5.74, 6) is -2.95. The van der Waals surface area contributed by atoms with E-state index in [-0.39, 0.29) is 32.1 Å². The van der Waals surface area contributed by atoms with Crippen LogP contribution < -0.4 is 10.4 Å². The van der Waals surface area contributed by atoms with Gasteiger partial charge in [0.1, 0.15) is 12.2 Å². The van der Waals surface area contributed by atoms with Gasteiger partial charge in [-0.25, -0.2) is 9.78 Å². The predicted molar refractivity (Wildman–Crippen MR) is 91.1 cm³/mol. The molecule has 0 saturated carbocycles. The molecule has 0 atom stereocenters. The number of nitrogens with zero attached hydrogens (tertiary/aromatic N) is 4. The van der Waals surface area contributed by atoms with Gasteiger partial charge in [-0.3, -0.25) is 19.3 Å². The maximum absolute atomic E-state index is 12.7. The molecule has 10 nitrogen and oxygen atoms in total. The Balaban J connectivity index is 2.11. The van der Waals surface area contributed by atoms with Crippen molar-refractivity contribution in [1.82, 2.24) is 14.6 Å². The first-order chi connectivity index (χ1) is 12.4. The highest BCUT2D eigenvalue weighted by atomic mass is 32.1. The zero-order valence-electron chi connectivity index (χ0n) is 13.8. The Labute approximate surface area is 151 Å². The summed E-state index contributed by atoms with van der Waals surface area (Å²) in [6, 6.07) is 0. The smallest absolute Gasteiger partial charge is 0.341 e. The molecule has 0 fully saturated rings. The number of aromatic nitrogens is 2. The number of ether oxygens (including phenoxy) is 1. The second-order valence-corrected chi connectivity index (χ2v) is 6.28. The normalized spacial score (nSPS) is 13.8. The molecular weight excluding hydrogens is 364 g/mol. The van der Waals surface area contributed by atoms with Crippen molar-refractivity contribution in [2.75, 3.05) is 31.9 Å². The molecule has 1 aliphatic heterocycles. The quantitative estimate of drug-likeness (QED) is 0.712. The maximum atomic E-state index is 12.7. The van der Waals surface area contributed by atoms with Crippen molar-refractivity contribution in [2.45, 2.75) is 6.54 Å². The summed E-state index contributed by atoms with van der Waals surface area (Å²) < 4.78 is 6.21. The first kappa shape index (κ1) is 17.9. The topological polar surface area (TPSA) is 125 Å². The van der Waals surface area contributed by atoms with Gasteiger partial charge in [-0.05, 0) is 0 Å².